The van der Waals surface area contributed by atoms with Crippen molar-refractivity contribution in [1.29, 1.82) is 0 Å². The van der Waals surface area contributed by atoms with Crippen LogP contribution in [-0.4, -0.2) is 6.04 Å². The Morgan fingerprint density at radius 1 is 1.06 bits per heavy atom. The van der Waals surface area contributed by atoms with Gasteiger partial charge in [-0.15, -0.1) is 0 Å². The Kier molecular flexibility index (Phi) is 4.37. The Morgan fingerprint density at radius 3 is 1.88 bits per heavy atom. The van der Waals surface area contributed by atoms with Crippen LogP contribution in [0.1, 0.15) is 27.2 Å². The first-order valence-corrected chi connectivity index (χ1v) is 5.48. The van der Waals surface area contributed by atoms with Crippen LogP contribution in [0.5, 0.6) is 0 Å². The lowest BCUT2D eigenvalue weighted by molar-refractivity contribution is 0.448. The summed E-state index contributed by atoms with van der Waals surface area (Å²) in [6.07, 6.45) is 0.592. The zero-order valence-corrected chi connectivity index (χ0v) is 9.95. The molecule has 0 fully saturated rings. The molecular weight excluding hydrogens is 234 g/mol. The number of rotatable bonds is 4. The molecule has 0 radical (unpaired) electrons. The Morgan fingerprint density at radius 2 is 1.53 bits per heavy atom. The summed E-state index contributed by atoms with van der Waals surface area (Å²) in [6, 6.07) is -0.0492. The average Bonchev–Trinajstić information content (AvgIpc) is 2.26. The van der Waals surface area contributed by atoms with Gasteiger partial charge in [-0.05, 0) is 12.3 Å². The minimum atomic E-state index is -1.40. The van der Waals surface area contributed by atoms with Crippen LogP contribution in [-0.2, 0) is 0 Å². The molecule has 0 aliphatic carbocycles. The number of benzene rings is 1. The van der Waals surface area contributed by atoms with Crippen molar-refractivity contribution < 1.29 is 17.6 Å². The van der Waals surface area contributed by atoms with Crippen molar-refractivity contribution in [3.63, 3.8) is 0 Å². The maximum atomic E-state index is 13.4. The van der Waals surface area contributed by atoms with Crippen LogP contribution in [0.2, 0.25) is 0 Å². The maximum Gasteiger partial charge on any atom is 0.185 e. The number of nitrogens with one attached hydrogen (secondary N) is 1. The zero-order valence-electron chi connectivity index (χ0n) is 9.95. The Balaban J connectivity index is 3.13. The topological polar surface area (TPSA) is 12.0 Å². The lowest BCUT2D eigenvalue weighted by atomic mass is 10.0. The van der Waals surface area contributed by atoms with E-state index in [1.54, 1.807) is 0 Å². The highest BCUT2D eigenvalue weighted by molar-refractivity contribution is 5.48. The van der Waals surface area contributed by atoms with Gasteiger partial charge in [-0.3, -0.25) is 0 Å². The molecule has 1 unspecified atom stereocenters. The number of halogens is 4. The van der Waals surface area contributed by atoms with E-state index in [1.807, 2.05) is 20.8 Å². The molecule has 17 heavy (non-hydrogen) atoms. The third kappa shape index (κ3) is 2.90. The largest absolute Gasteiger partial charge is 0.377 e. The fourth-order valence-corrected chi connectivity index (χ4v) is 1.63. The first-order valence-electron chi connectivity index (χ1n) is 5.48. The molecule has 1 aromatic carbocycles. The van der Waals surface area contributed by atoms with E-state index in [2.05, 4.69) is 5.32 Å². The molecular formula is C12H15F4N. The molecule has 0 saturated carbocycles. The summed E-state index contributed by atoms with van der Waals surface area (Å²) in [5.74, 6) is -5.48. The zero-order chi connectivity index (χ0) is 13.2. The molecule has 0 aromatic heterocycles. The molecule has 0 saturated heterocycles. The highest BCUT2D eigenvalue weighted by Gasteiger charge is 2.22. The molecule has 0 aliphatic rings. The fraction of sp³-hybridized carbons (Fsp3) is 0.500. The van der Waals surface area contributed by atoms with Gasteiger partial charge in [0, 0.05) is 12.1 Å². The van der Waals surface area contributed by atoms with Gasteiger partial charge in [0.25, 0.3) is 0 Å². The SMILES string of the molecule is CCC(Nc1c(F)c(F)cc(F)c1F)C(C)C. The molecule has 96 valence electrons. The standard InChI is InChI=1S/C12H15F4N/c1-4-9(6(2)3)17-12-10(15)7(13)5-8(14)11(12)16/h5-6,9,17H,4H2,1-3H3. The van der Waals surface area contributed by atoms with Gasteiger partial charge in [-0.2, -0.15) is 0 Å². The van der Waals surface area contributed by atoms with Crippen molar-refractivity contribution in [2.75, 3.05) is 5.32 Å². The molecule has 1 nitrogen and oxygen atoms in total. The maximum absolute atomic E-state index is 13.4. The summed E-state index contributed by atoms with van der Waals surface area (Å²) in [7, 11) is 0. The number of hydrogen-bond donors (Lipinski definition) is 1. The summed E-state index contributed by atoms with van der Waals surface area (Å²) in [5, 5.41) is 2.52. The van der Waals surface area contributed by atoms with Crippen molar-refractivity contribution in [1.82, 2.24) is 0 Å². The van der Waals surface area contributed by atoms with Crippen molar-refractivity contribution in [3.05, 3.63) is 29.3 Å². The average molecular weight is 249 g/mol. The number of hydrogen-bond acceptors (Lipinski definition) is 1. The van der Waals surface area contributed by atoms with Gasteiger partial charge in [-0.25, -0.2) is 17.6 Å². The third-order valence-electron chi connectivity index (χ3n) is 2.69. The molecule has 1 aromatic rings. The van der Waals surface area contributed by atoms with Crippen LogP contribution >= 0.6 is 0 Å². The molecule has 0 amide bonds. The summed E-state index contributed by atoms with van der Waals surface area (Å²) in [5.41, 5.74) is -0.733. The van der Waals surface area contributed by atoms with Gasteiger partial charge in [0.15, 0.2) is 23.3 Å². The van der Waals surface area contributed by atoms with E-state index < -0.39 is 29.0 Å². The van der Waals surface area contributed by atoms with Gasteiger partial charge in [0.05, 0.1) is 0 Å². The van der Waals surface area contributed by atoms with Crippen LogP contribution in [0.15, 0.2) is 6.07 Å². The van der Waals surface area contributed by atoms with Gasteiger partial charge in [0.2, 0.25) is 0 Å². The van der Waals surface area contributed by atoms with Gasteiger partial charge in [-0.1, -0.05) is 20.8 Å². The molecule has 0 spiro atoms. The third-order valence-corrected chi connectivity index (χ3v) is 2.69. The monoisotopic (exact) mass is 249 g/mol. The first-order chi connectivity index (χ1) is 7.88. The van der Waals surface area contributed by atoms with E-state index in [0.717, 1.165) is 0 Å². The molecule has 0 aliphatic heterocycles. The second kappa shape index (κ2) is 5.38. The van der Waals surface area contributed by atoms with Gasteiger partial charge in [0.1, 0.15) is 5.69 Å². The normalized spacial score (nSPS) is 12.9. The second-order valence-corrected chi connectivity index (χ2v) is 4.25. The molecule has 5 heteroatoms. The van der Waals surface area contributed by atoms with Crippen molar-refractivity contribution in [3.8, 4) is 0 Å². The van der Waals surface area contributed by atoms with E-state index in [9.17, 15) is 17.6 Å². The van der Waals surface area contributed by atoms with Gasteiger partial charge >= 0.3 is 0 Å². The highest BCUT2D eigenvalue weighted by atomic mass is 19.2. The molecule has 1 atom stereocenters. The fourth-order valence-electron chi connectivity index (χ4n) is 1.63. The Labute approximate surface area is 97.8 Å². The predicted molar refractivity (Wildman–Crippen MR) is 58.8 cm³/mol. The Hall–Kier alpha value is -1.26. The summed E-state index contributed by atoms with van der Waals surface area (Å²) in [6.45, 7) is 5.53. The van der Waals surface area contributed by atoms with E-state index in [4.69, 9.17) is 0 Å². The quantitative estimate of drug-likeness (QED) is 0.626. The number of anilines is 1. The first kappa shape index (κ1) is 13.8. The van der Waals surface area contributed by atoms with E-state index >= 15 is 0 Å². The van der Waals surface area contributed by atoms with Gasteiger partial charge < -0.3 is 5.32 Å². The molecule has 1 rings (SSSR count). The Bertz CT molecular complexity index is 378. The van der Waals surface area contributed by atoms with Crippen LogP contribution in [0, 0.1) is 29.2 Å². The van der Waals surface area contributed by atoms with Crippen molar-refractivity contribution >= 4 is 5.69 Å². The van der Waals surface area contributed by atoms with E-state index in [-0.39, 0.29) is 18.0 Å². The highest BCUT2D eigenvalue weighted by Crippen LogP contribution is 2.26. The summed E-state index contributed by atoms with van der Waals surface area (Å²) < 4.78 is 52.6. The van der Waals surface area contributed by atoms with Crippen molar-refractivity contribution in [2.45, 2.75) is 33.2 Å². The molecule has 1 N–H and O–H groups in total. The molecule has 0 heterocycles. The smallest absolute Gasteiger partial charge is 0.185 e. The second-order valence-electron chi connectivity index (χ2n) is 4.25. The van der Waals surface area contributed by atoms with Crippen LogP contribution in [0.3, 0.4) is 0 Å². The predicted octanol–water partition coefficient (Wildman–Crippen LogP) is 4.09. The lowest BCUT2D eigenvalue weighted by Gasteiger charge is -2.22. The van der Waals surface area contributed by atoms with Crippen molar-refractivity contribution in [2.24, 2.45) is 5.92 Å². The van der Waals surface area contributed by atoms with Crippen LogP contribution < -0.4 is 5.32 Å². The minimum absolute atomic E-state index is 0.0881. The summed E-state index contributed by atoms with van der Waals surface area (Å²) >= 11 is 0. The van der Waals surface area contributed by atoms with Crippen LogP contribution in [0.4, 0.5) is 23.2 Å². The molecule has 0 bridgehead atoms. The van der Waals surface area contributed by atoms with Crippen LogP contribution in [0.25, 0.3) is 0 Å². The van der Waals surface area contributed by atoms with E-state index in [0.29, 0.717) is 6.42 Å². The minimum Gasteiger partial charge on any atom is -0.377 e. The van der Waals surface area contributed by atoms with E-state index in [1.165, 1.54) is 0 Å². The summed E-state index contributed by atoms with van der Waals surface area (Å²) in [4.78, 5) is 0. The lowest BCUT2D eigenvalue weighted by Crippen LogP contribution is -2.26.